The number of carbonyl (C=O) groups excluding carboxylic acids is 1. The van der Waals surface area contributed by atoms with Crippen LogP contribution in [0.3, 0.4) is 0 Å². The normalized spacial score (nSPS) is 25.2. The molecule has 0 unspecified atom stereocenters. The molecule has 2 aromatic carbocycles. The van der Waals surface area contributed by atoms with Gasteiger partial charge in [-0.3, -0.25) is 4.79 Å². The second-order valence-electron chi connectivity index (χ2n) is 8.81. The van der Waals surface area contributed by atoms with Crippen LogP contribution in [0.25, 0.3) is 0 Å². The van der Waals surface area contributed by atoms with E-state index in [1.54, 1.807) is 19.9 Å². The molecule has 1 aliphatic heterocycles. The molecule has 0 aromatic heterocycles. The van der Waals surface area contributed by atoms with Gasteiger partial charge in [0.2, 0.25) is 5.91 Å². The summed E-state index contributed by atoms with van der Waals surface area (Å²) in [5, 5.41) is 3.47. The molecule has 3 N–H and O–H groups in total. The largest absolute Gasteiger partial charge is 0.416 e. The second kappa shape index (κ2) is 8.63. The standard InChI is InChI=1S/C24H29F3N2O2/c1-16-11-18(13-20(12-16)24(25,26)27)17(2)31-15-23(19-7-5-4-6-8-19)10-9-22(3,14-29-23)21(28)30/h4-8,11-13,17,29H,9-10,14-15H2,1-3H3,(H2,28,30)/t17-,22-,23-/m1/s1. The quantitative estimate of drug-likeness (QED) is 0.682. The number of hydrogen-bond donors (Lipinski definition) is 2. The van der Waals surface area contributed by atoms with E-state index in [9.17, 15) is 18.0 Å². The van der Waals surface area contributed by atoms with Crippen LogP contribution in [0, 0.1) is 12.3 Å². The maximum absolute atomic E-state index is 13.2. The van der Waals surface area contributed by atoms with E-state index in [2.05, 4.69) is 5.32 Å². The Kier molecular flexibility index (Phi) is 6.48. The highest BCUT2D eigenvalue weighted by molar-refractivity contribution is 5.80. The van der Waals surface area contributed by atoms with Crippen molar-refractivity contribution < 1.29 is 22.7 Å². The second-order valence-corrected chi connectivity index (χ2v) is 8.81. The summed E-state index contributed by atoms with van der Waals surface area (Å²) in [5.41, 5.74) is 5.73. The van der Waals surface area contributed by atoms with E-state index in [4.69, 9.17) is 10.5 Å². The topological polar surface area (TPSA) is 64.3 Å². The number of alkyl halides is 3. The van der Waals surface area contributed by atoms with Crippen molar-refractivity contribution in [2.75, 3.05) is 13.2 Å². The molecule has 168 valence electrons. The van der Waals surface area contributed by atoms with Gasteiger partial charge in [0.1, 0.15) is 0 Å². The Balaban J connectivity index is 1.82. The molecule has 2 aromatic rings. The van der Waals surface area contributed by atoms with Crippen molar-refractivity contribution >= 4 is 5.91 Å². The van der Waals surface area contributed by atoms with Gasteiger partial charge in [-0.15, -0.1) is 0 Å². The molecule has 0 radical (unpaired) electrons. The van der Waals surface area contributed by atoms with E-state index in [0.717, 1.165) is 17.7 Å². The van der Waals surface area contributed by atoms with Crippen molar-refractivity contribution in [1.82, 2.24) is 5.32 Å². The van der Waals surface area contributed by atoms with Crippen LogP contribution in [0.2, 0.25) is 0 Å². The minimum atomic E-state index is -4.41. The Hall–Kier alpha value is -2.38. The number of halogens is 3. The van der Waals surface area contributed by atoms with Crippen LogP contribution in [0.4, 0.5) is 13.2 Å². The van der Waals surface area contributed by atoms with E-state index < -0.39 is 28.8 Å². The van der Waals surface area contributed by atoms with Gasteiger partial charge < -0.3 is 15.8 Å². The summed E-state index contributed by atoms with van der Waals surface area (Å²) in [6.45, 7) is 5.89. The van der Waals surface area contributed by atoms with Crippen LogP contribution < -0.4 is 11.1 Å². The molecule has 3 rings (SSSR count). The predicted octanol–water partition coefficient (Wildman–Crippen LogP) is 4.86. The molecule has 1 aliphatic rings. The number of ether oxygens (including phenoxy) is 1. The summed E-state index contributed by atoms with van der Waals surface area (Å²) in [4.78, 5) is 11.9. The summed E-state index contributed by atoms with van der Waals surface area (Å²) >= 11 is 0. The van der Waals surface area contributed by atoms with Gasteiger partial charge in [-0.05, 0) is 56.9 Å². The van der Waals surface area contributed by atoms with Gasteiger partial charge in [0.25, 0.3) is 0 Å². The first-order chi connectivity index (χ1) is 14.5. The zero-order valence-electron chi connectivity index (χ0n) is 18.1. The van der Waals surface area contributed by atoms with Crippen LogP contribution in [0.1, 0.15) is 55.0 Å². The van der Waals surface area contributed by atoms with Crippen molar-refractivity contribution in [2.24, 2.45) is 11.1 Å². The lowest BCUT2D eigenvalue weighted by Gasteiger charge is -2.45. The van der Waals surface area contributed by atoms with Gasteiger partial charge >= 0.3 is 6.18 Å². The van der Waals surface area contributed by atoms with E-state index in [1.807, 2.05) is 37.3 Å². The number of amides is 1. The monoisotopic (exact) mass is 434 g/mol. The molecule has 1 amide bonds. The third-order valence-corrected chi connectivity index (χ3v) is 6.32. The Morgan fingerprint density at radius 1 is 1.19 bits per heavy atom. The average molecular weight is 435 g/mol. The Labute approximate surface area is 181 Å². The van der Waals surface area contributed by atoms with Crippen LogP contribution in [-0.4, -0.2) is 19.1 Å². The van der Waals surface area contributed by atoms with Crippen molar-refractivity contribution in [3.63, 3.8) is 0 Å². The zero-order chi connectivity index (χ0) is 22.9. The first-order valence-corrected chi connectivity index (χ1v) is 10.4. The number of primary amides is 1. The molecule has 0 saturated carbocycles. The average Bonchev–Trinajstić information content (AvgIpc) is 2.73. The fourth-order valence-corrected chi connectivity index (χ4v) is 4.03. The summed E-state index contributed by atoms with van der Waals surface area (Å²) in [7, 11) is 0. The molecular weight excluding hydrogens is 405 g/mol. The van der Waals surface area contributed by atoms with E-state index in [1.165, 1.54) is 0 Å². The lowest BCUT2D eigenvalue weighted by atomic mass is 9.72. The van der Waals surface area contributed by atoms with Gasteiger partial charge in [-0.1, -0.05) is 42.0 Å². The minimum Gasteiger partial charge on any atom is -0.372 e. The van der Waals surface area contributed by atoms with Crippen LogP contribution in [0.15, 0.2) is 48.5 Å². The number of aryl methyl sites for hydroxylation is 1. The fraction of sp³-hybridized carbons (Fsp3) is 0.458. The van der Waals surface area contributed by atoms with Crippen LogP contribution in [0.5, 0.6) is 0 Å². The van der Waals surface area contributed by atoms with Crippen molar-refractivity contribution in [2.45, 2.75) is 51.4 Å². The number of carbonyl (C=O) groups is 1. The number of nitrogens with one attached hydrogen (secondary N) is 1. The molecule has 0 bridgehead atoms. The van der Waals surface area contributed by atoms with Crippen molar-refractivity contribution in [3.8, 4) is 0 Å². The molecule has 0 aliphatic carbocycles. The minimum absolute atomic E-state index is 0.252. The molecule has 7 heteroatoms. The molecule has 1 fully saturated rings. The molecule has 1 saturated heterocycles. The van der Waals surface area contributed by atoms with E-state index in [-0.39, 0.29) is 12.5 Å². The summed E-state index contributed by atoms with van der Waals surface area (Å²) in [6.07, 6.45) is -3.74. The van der Waals surface area contributed by atoms with Crippen molar-refractivity contribution in [1.29, 1.82) is 0 Å². The highest BCUT2D eigenvalue weighted by atomic mass is 19.4. The summed E-state index contributed by atoms with van der Waals surface area (Å²) in [6, 6.07) is 13.8. The third kappa shape index (κ3) is 5.10. The smallest absolute Gasteiger partial charge is 0.372 e. The Bertz CT molecular complexity index is 920. The van der Waals surface area contributed by atoms with E-state index >= 15 is 0 Å². The highest BCUT2D eigenvalue weighted by Crippen LogP contribution is 2.39. The number of hydrogen-bond acceptors (Lipinski definition) is 3. The number of benzene rings is 2. The third-order valence-electron chi connectivity index (χ3n) is 6.32. The Morgan fingerprint density at radius 3 is 2.42 bits per heavy atom. The number of piperidine rings is 1. The summed E-state index contributed by atoms with van der Waals surface area (Å²) < 4.78 is 45.8. The lowest BCUT2D eigenvalue weighted by Crippen LogP contribution is -2.57. The van der Waals surface area contributed by atoms with Crippen LogP contribution in [-0.2, 0) is 21.2 Å². The van der Waals surface area contributed by atoms with Gasteiger partial charge in [0, 0.05) is 6.54 Å². The molecule has 0 spiro atoms. The van der Waals surface area contributed by atoms with Gasteiger partial charge in [-0.2, -0.15) is 13.2 Å². The number of nitrogens with two attached hydrogens (primary N) is 1. The van der Waals surface area contributed by atoms with E-state index in [0.29, 0.717) is 30.5 Å². The molecule has 3 atom stereocenters. The maximum atomic E-state index is 13.2. The number of rotatable bonds is 6. The van der Waals surface area contributed by atoms with Gasteiger partial charge in [0.05, 0.1) is 29.2 Å². The fourth-order valence-electron chi connectivity index (χ4n) is 4.03. The van der Waals surface area contributed by atoms with Gasteiger partial charge in [0.15, 0.2) is 0 Å². The lowest BCUT2D eigenvalue weighted by molar-refractivity contribution is -0.137. The SMILES string of the molecule is Cc1cc([C@@H](C)OC[C@@]2(c3ccccc3)CC[C@@](C)(C(N)=O)CN2)cc(C(F)(F)F)c1. The maximum Gasteiger partial charge on any atom is 0.416 e. The first-order valence-electron chi connectivity index (χ1n) is 10.4. The predicted molar refractivity (Wildman–Crippen MR) is 113 cm³/mol. The molecule has 4 nitrogen and oxygen atoms in total. The van der Waals surface area contributed by atoms with Gasteiger partial charge in [-0.25, -0.2) is 0 Å². The zero-order valence-corrected chi connectivity index (χ0v) is 18.1. The molecular formula is C24H29F3N2O2. The summed E-state index contributed by atoms with van der Waals surface area (Å²) in [5.74, 6) is -0.351. The Morgan fingerprint density at radius 2 is 1.87 bits per heavy atom. The molecule has 31 heavy (non-hydrogen) atoms. The van der Waals surface area contributed by atoms with Crippen molar-refractivity contribution in [3.05, 3.63) is 70.8 Å². The first kappa shape index (κ1) is 23.3. The highest BCUT2D eigenvalue weighted by Gasteiger charge is 2.44. The molecule has 1 heterocycles. The van der Waals surface area contributed by atoms with Crippen LogP contribution >= 0.6 is 0 Å².